The molecule has 3 rings (SSSR count). The Labute approximate surface area is 118 Å². The molecule has 1 aliphatic rings. The normalized spacial score (nSPS) is 16.4. The van der Waals surface area contributed by atoms with Crippen LogP contribution in [-0.2, 0) is 0 Å². The molecule has 1 aromatic heterocycles. The second kappa shape index (κ2) is 5.46. The molecule has 0 radical (unpaired) electrons. The molecule has 1 N–H and O–H groups in total. The van der Waals surface area contributed by atoms with Crippen molar-refractivity contribution in [1.29, 1.82) is 0 Å². The van der Waals surface area contributed by atoms with Crippen LogP contribution >= 0.6 is 0 Å². The topological polar surface area (TPSA) is 52.2 Å². The van der Waals surface area contributed by atoms with Crippen LogP contribution in [0.15, 0.2) is 36.7 Å². The lowest BCUT2D eigenvalue weighted by atomic mass is 10.1. The summed E-state index contributed by atoms with van der Waals surface area (Å²) in [6, 6.07) is 7.72. The van der Waals surface area contributed by atoms with E-state index in [0.717, 1.165) is 42.9 Å². The Morgan fingerprint density at radius 3 is 2.40 bits per heavy atom. The van der Waals surface area contributed by atoms with Crippen LogP contribution in [0.2, 0.25) is 0 Å². The van der Waals surface area contributed by atoms with Crippen LogP contribution in [0.1, 0.15) is 10.4 Å². The highest BCUT2D eigenvalue weighted by atomic mass is 16.2. The lowest BCUT2D eigenvalue weighted by Gasteiger charge is -2.32. The highest BCUT2D eigenvalue weighted by molar-refractivity contribution is 5.94. The maximum atomic E-state index is 12.4. The van der Waals surface area contributed by atoms with E-state index in [1.165, 1.54) is 0 Å². The van der Waals surface area contributed by atoms with Gasteiger partial charge in [0.15, 0.2) is 0 Å². The first-order valence-corrected chi connectivity index (χ1v) is 6.81. The summed E-state index contributed by atoms with van der Waals surface area (Å²) in [7, 11) is 2.08. The highest BCUT2D eigenvalue weighted by Crippen LogP contribution is 2.19. The minimum atomic E-state index is 0.122. The monoisotopic (exact) mass is 270 g/mol. The Hall–Kier alpha value is -2.14. The molecule has 0 unspecified atom stereocenters. The molecular formula is C15H18N4O. The average molecular weight is 270 g/mol. The van der Waals surface area contributed by atoms with E-state index in [9.17, 15) is 4.79 Å². The number of aromatic nitrogens is 2. The number of carbonyl (C=O) groups is 1. The van der Waals surface area contributed by atoms with E-state index < -0.39 is 0 Å². The zero-order valence-electron chi connectivity index (χ0n) is 11.5. The zero-order chi connectivity index (χ0) is 13.9. The quantitative estimate of drug-likeness (QED) is 0.899. The van der Waals surface area contributed by atoms with Crippen molar-refractivity contribution in [2.45, 2.75) is 0 Å². The van der Waals surface area contributed by atoms with Gasteiger partial charge in [0.2, 0.25) is 0 Å². The number of nitrogens with zero attached hydrogens (tertiary/aromatic N) is 3. The highest BCUT2D eigenvalue weighted by Gasteiger charge is 2.20. The van der Waals surface area contributed by atoms with Gasteiger partial charge >= 0.3 is 0 Å². The molecule has 0 atom stereocenters. The molecule has 104 valence electrons. The van der Waals surface area contributed by atoms with Crippen molar-refractivity contribution in [2.24, 2.45) is 0 Å². The first kappa shape index (κ1) is 12.9. The van der Waals surface area contributed by atoms with Crippen LogP contribution in [-0.4, -0.2) is 59.1 Å². The van der Waals surface area contributed by atoms with E-state index in [1.54, 1.807) is 6.20 Å². The summed E-state index contributed by atoms with van der Waals surface area (Å²) in [5.41, 5.74) is 2.85. The number of hydrogen-bond donors (Lipinski definition) is 1. The number of piperazine rings is 1. The fourth-order valence-corrected chi connectivity index (χ4v) is 2.41. The van der Waals surface area contributed by atoms with Crippen molar-refractivity contribution >= 4 is 5.91 Å². The Morgan fingerprint density at radius 2 is 1.80 bits per heavy atom. The van der Waals surface area contributed by atoms with Gasteiger partial charge < -0.3 is 9.80 Å². The number of likely N-dealkylation sites (N-methyl/N-ethyl adjacent to an activating group) is 1. The largest absolute Gasteiger partial charge is 0.336 e. The van der Waals surface area contributed by atoms with Gasteiger partial charge in [-0.15, -0.1) is 0 Å². The lowest BCUT2D eigenvalue weighted by molar-refractivity contribution is 0.0664. The number of nitrogens with one attached hydrogen (secondary N) is 1. The third-order valence-electron chi connectivity index (χ3n) is 3.75. The van der Waals surface area contributed by atoms with Crippen LogP contribution in [0, 0.1) is 0 Å². The summed E-state index contributed by atoms with van der Waals surface area (Å²) in [5.74, 6) is 0.122. The minimum Gasteiger partial charge on any atom is -0.336 e. The van der Waals surface area contributed by atoms with E-state index in [2.05, 4.69) is 22.1 Å². The summed E-state index contributed by atoms with van der Waals surface area (Å²) in [6.07, 6.45) is 3.62. The van der Waals surface area contributed by atoms with Crippen LogP contribution in [0.5, 0.6) is 0 Å². The summed E-state index contributed by atoms with van der Waals surface area (Å²) < 4.78 is 0. The van der Waals surface area contributed by atoms with E-state index in [0.29, 0.717) is 0 Å². The number of hydrogen-bond acceptors (Lipinski definition) is 3. The molecule has 20 heavy (non-hydrogen) atoms. The second-order valence-electron chi connectivity index (χ2n) is 5.16. The number of benzene rings is 1. The summed E-state index contributed by atoms with van der Waals surface area (Å²) >= 11 is 0. The van der Waals surface area contributed by atoms with Gasteiger partial charge in [0.05, 0.1) is 6.20 Å². The Balaban J connectivity index is 1.73. The minimum absolute atomic E-state index is 0.122. The van der Waals surface area contributed by atoms with E-state index in [1.807, 2.05) is 35.4 Å². The van der Waals surface area contributed by atoms with E-state index >= 15 is 0 Å². The van der Waals surface area contributed by atoms with Crippen molar-refractivity contribution < 1.29 is 4.79 Å². The fraction of sp³-hybridized carbons (Fsp3) is 0.333. The third kappa shape index (κ3) is 2.58. The van der Waals surface area contributed by atoms with Crippen molar-refractivity contribution in [1.82, 2.24) is 20.0 Å². The molecule has 0 bridgehead atoms. The van der Waals surface area contributed by atoms with Gasteiger partial charge in [-0.1, -0.05) is 12.1 Å². The number of aromatic amines is 1. The maximum Gasteiger partial charge on any atom is 0.253 e. The molecule has 1 aliphatic heterocycles. The molecule has 5 nitrogen and oxygen atoms in total. The first-order chi connectivity index (χ1) is 9.74. The summed E-state index contributed by atoms with van der Waals surface area (Å²) in [5, 5.41) is 6.72. The smallest absolute Gasteiger partial charge is 0.253 e. The third-order valence-corrected chi connectivity index (χ3v) is 3.75. The maximum absolute atomic E-state index is 12.4. The van der Waals surface area contributed by atoms with Gasteiger partial charge in [-0.05, 0) is 24.7 Å². The predicted octanol–water partition coefficient (Wildman–Crippen LogP) is 1.46. The van der Waals surface area contributed by atoms with Gasteiger partial charge in [-0.2, -0.15) is 5.10 Å². The average Bonchev–Trinajstić information content (AvgIpc) is 3.02. The van der Waals surface area contributed by atoms with Gasteiger partial charge in [-0.3, -0.25) is 9.89 Å². The molecular weight excluding hydrogens is 252 g/mol. The van der Waals surface area contributed by atoms with Gasteiger partial charge in [0.25, 0.3) is 5.91 Å². The van der Waals surface area contributed by atoms with E-state index in [4.69, 9.17) is 0 Å². The fourth-order valence-electron chi connectivity index (χ4n) is 2.41. The van der Waals surface area contributed by atoms with Crippen LogP contribution in [0.4, 0.5) is 0 Å². The molecule has 1 amide bonds. The Bertz CT molecular complexity index is 568. The molecule has 0 spiro atoms. The van der Waals surface area contributed by atoms with Gasteiger partial charge in [0.1, 0.15) is 0 Å². The van der Waals surface area contributed by atoms with Crippen LogP contribution in [0.25, 0.3) is 11.1 Å². The molecule has 1 fully saturated rings. The predicted molar refractivity (Wildman–Crippen MR) is 77.4 cm³/mol. The van der Waals surface area contributed by atoms with Crippen molar-refractivity contribution in [3.05, 3.63) is 42.2 Å². The second-order valence-corrected chi connectivity index (χ2v) is 5.16. The summed E-state index contributed by atoms with van der Waals surface area (Å²) in [4.78, 5) is 16.6. The SMILES string of the molecule is CN1CCN(C(=O)c2ccc(-c3cn[nH]c3)cc2)CC1. The van der Waals surface area contributed by atoms with Gasteiger partial charge in [-0.25, -0.2) is 0 Å². The van der Waals surface area contributed by atoms with Gasteiger partial charge in [0, 0.05) is 43.5 Å². The number of H-pyrrole nitrogens is 1. The zero-order valence-corrected chi connectivity index (χ0v) is 11.5. The standard InChI is InChI=1S/C15H18N4O/c1-18-6-8-19(9-7-18)15(20)13-4-2-12(3-5-13)14-10-16-17-11-14/h2-5,10-11H,6-9H2,1H3,(H,16,17). The van der Waals surface area contributed by atoms with E-state index in [-0.39, 0.29) is 5.91 Å². The van der Waals surface area contributed by atoms with Crippen LogP contribution < -0.4 is 0 Å². The molecule has 2 aromatic rings. The molecule has 0 saturated carbocycles. The number of carbonyl (C=O) groups excluding carboxylic acids is 1. The molecule has 5 heteroatoms. The van der Waals surface area contributed by atoms with Crippen molar-refractivity contribution in [3.8, 4) is 11.1 Å². The summed E-state index contributed by atoms with van der Waals surface area (Å²) in [6.45, 7) is 3.50. The lowest BCUT2D eigenvalue weighted by Crippen LogP contribution is -2.47. The Kier molecular flexibility index (Phi) is 3.52. The molecule has 1 saturated heterocycles. The molecule has 2 heterocycles. The number of rotatable bonds is 2. The van der Waals surface area contributed by atoms with Crippen LogP contribution in [0.3, 0.4) is 0 Å². The molecule has 1 aromatic carbocycles. The van der Waals surface area contributed by atoms with Crippen molar-refractivity contribution in [2.75, 3.05) is 33.2 Å². The molecule has 0 aliphatic carbocycles. The first-order valence-electron chi connectivity index (χ1n) is 6.81. The number of amides is 1. The van der Waals surface area contributed by atoms with Crippen molar-refractivity contribution in [3.63, 3.8) is 0 Å². The Morgan fingerprint density at radius 1 is 1.10 bits per heavy atom.